The molecule has 2 aliphatic rings. The largest absolute Gasteiger partial charge is 0.385 e. The van der Waals surface area contributed by atoms with Crippen LogP contribution < -0.4 is 5.32 Å². The molecule has 3 heteroatoms. The number of hydrogen-bond acceptors (Lipinski definition) is 3. The topological polar surface area (TPSA) is 24.5 Å². The Bertz CT molecular complexity index is 441. The Hall–Kier alpha value is -1.06. The summed E-state index contributed by atoms with van der Waals surface area (Å²) >= 11 is 0. The van der Waals surface area contributed by atoms with Crippen molar-refractivity contribution < 1.29 is 4.74 Å². The molecule has 0 bridgehead atoms. The Balaban J connectivity index is 1.62. The van der Waals surface area contributed by atoms with Crippen molar-refractivity contribution in [2.24, 2.45) is 5.92 Å². The Morgan fingerprint density at radius 2 is 2.15 bits per heavy atom. The zero-order chi connectivity index (χ0) is 13.8. The lowest BCUT2D eigenvalue weighted by atomic mass is 9.96. The third kappa shape index (κ3) is 3.33. The van der Waals surface area contributed by atoms with Gasteiger partial charge >= 0.3 is 0 Å². The number of rotatable bonds is 4. The minimum absolute atomic E-state index is 0.811. The molecule has 0 aliphatic carbocycles. The van der Waals surface area contributed by atoms with Gasteiger partial charge < -0.3 is 15.0 Å². The van der Waals surface area contributed by atoms with Gasteiger partial charge in [-0.3, -0.25) is 0 Å². The molecule has 1 fully saturated rings. The fraction of sp³-hybridized carbons (Fsp3) is 0.647. The van der Waals surface area contributed by atoms with E-state index in [-0.39, 0.29) is 0 Å². The molecular formula is C17H26N2O. The Morgan fingerprint density at radius 1 is 1.30 bits per heavy atom. The van der Waals surface area contributed by atoms with Gasteiger partial charge in [0.15, 0.2) is 0 Å². The second-order valence-corrected chi connectivity index (χ2v) is 6.23. The smallest absolute Gasteiger partial charge is 0.0469 e. The monoisotopic (exact) mass is 274 g/mol. The molecule has 110 valence electrons. The predicted octanol–water partition coefficient (Wildman–Crippen LogP) is 2.90. The molecule has 0 unspecified atom stereocenters. The van der Waals surface area contributed by atoms with E-state index in [4.69, 9.17) is 4.74 Å². The molecule has 1 N–H and O–H groups in total. The highest BCUT2D eigenvalue weighted by Gasteiger charge is 2.17. The summed E-state index contributed by atoms with van der Waals surface area (Å²) in [6.45, 7) is 5.28. The summed E-state index contributed by atoms with van der Waals surface area (Å²) < 4.78 is 5.45. The van der Waals surface area contributed by atoms with Crippen LogP contribution in [0, 0.1) is 5.92 Å². The van der Waals surface area contributed by atoms with E-state index < -0.39 is 0 Å². The lowest BCUT2D eigenvalue weighted by Crippen LogP contribution is -2.29. The normalized spacial score (nSPS) is 19.7. The number of hydrogen-bond donors (Lipinski definition) is 1. The third-order valence-corrected chi connectivity index (χ3v) is 4.54. The molecule has 0 atom stereocenters. The molecule has 1 saturated heterocycles. The van der Waals surface area contributed by atoms with E-state index in [9.17, 15) is 0 Å². The van der Waals surface area contributed by atoms with E-state index in [1.807, 2.05) is 0 Å². The maximum Gasteiger partial charge on any atom is 0.0469 e. The first kappa shape index (κ1) is 13.9. The zero-order valence-corrected chi connectivity index (χ0v) is 12.5. The van der Waals surface area contributed by atoms with Gasteiger partial charge in [0, 0.05) is 38.5 Å². The molecule has 1 aromatic carbocycles. The molecule has 0 saturated carbocycles. The minimum Gasteiger partial charge on any atom is -0.385 e. The van der Waals surface area contributed by atoms with Gasteiger partial charge in [0.2, 0.25) is 0 Å². The first-order valence-electron chi connectivity index (χ1n) is 7.94. The van der Waals surface area contributed by atoms with Crippen molar-refractivity contribution >= 4 is 5.69 Å². The number of anilines is 1. The molecule has 3 nitrogen and oxygen atoms in total. The maximum absolute atomic E-state index is 5.45. The second kappa shape index (κ2) is 6.59. The van der Waals surface area contributed by atoms with Crippen LogP contribution in [-0.4, -0.2) is 38.3 Å². The highest BCUT2D eigenvalue weighted by atomic mass is 16.5. The van der Waals surface area contributed by atoms with E-state index in [0.29, 0.717) is 0 Å². The van der Waals surface area contributed by atoms with Crippen LogP contribution in [0.15, 0.2) is 18.2 Å². The summed E-state index contributed by atoms with van der Waals surface area (Å²) in [6, 6.07) is 6.71. The third-order valence-electron chi connectivity index (χ3n) is 4.54. The van der Waals surface area contributed by atoms with Gasteiger partial charge in [-0.25, -0.2) is 0 Å². The highest BCUT2D eigenvalue weighted by molar-refractivity contribution is 5.56. The molecule has 0 radical (unpaired) electrons. The Labute approximate surface area is 122 Å². The van der Waals surface area contributed by atoms with E-state index in [1.54, 1.807) is 0 Å². The number of nitrogens with one attached hydrogen (secondary N) is 1. The number of nitrogens with zero attached hydrogens (tertiary/aromatic N) is 1. The average molecular weight is 274 g/mol. The summed E-state index contributed by atoms with van der Waals surface area (Å²) in [5, 5.41) is 3.52. The first-order valence-corrected chi connectivity index (χ1v) is 7.94. The van der Waals surface area contributed by atoms with Crippen LogP contribution in [0.1, 0.15) is 30.4 Å². The van der Waals surface area contributed by atoms with Crippen molar-refractivity contribution in [3.8, 4) is 0 Å². The van der Waals surface area contributed by atoms with Gasteiger partial charge in [-0.2, -0.15) is 0 Å². The van der Waals surface area contributed by atoms with Crippen molar-refractivity contribution in [2.45, 2.75) is 32.2 Å². The van der Waals surface area contributed by atoms with Crippen LogP contribution in [0.5, 0.6) is 0 Å². The van der Waals surface area contributed by atoms with E-state index >= 15 is 0 Å². The van der Waals surface area contributed by atoms with Crippen molar-refractivity contribution in [1.29, 1.82) is 0 Å². The van der Waals surface area contributed by atoms with Gasteiger partial charge in [-0.15, -0.1) is 0 Å². The standard InChI is InChI=1S/C17H26N2O/c1-19(12-14-7-10-20-11-8-14)13-15-4-2-6-17-16(15)5-3-9-18-17/h2,4,6,14,18H,3,5,7-13H2,1H3. The summed E-state index contributed by atoms with van der Waals surface area (Å²) in [6.07, 6.45) is 4.93. The van der Waals surface area contributed by atoms with Crippen LogP contribution in [0.4, 0.5) is 5.69 Å². The quantitative estimate of drug-likeness (QED) is 0.913. The van der Waals surface area contributed by atoms with Gasteiger partial charge in [-0.05, 0) is 55.8 Å². The minimum atomic E-state index is 0.811. The van der Waals surface area contributed by atoms with Crippen LogP contribution >= 0.6 is 0 Å². The molecule has 3 rings (SSSR count). The SMILES string of the molecule is CN(Cc1cccc2c1CCCN2)CC1CCOCC1. The van der Waals surface area contributed by atoms with Crippen molar-refractivity contribution in [1.82, 2.24) is 4.90 Å². The molecule has 0 spiro atoms. The zero-order valence-electron chi connectivity index (χ0n) is 12.5. The summed E-state index contributed by atoms with van der Waals surface area (Å²) in [5.41, 5.74) is 4.40. The van der Waals surface area contributed by atoms with Crippen molar-refractivity contribution in [3.05, 3.63) is 29.3 Å². The van der Waals surface area contributed by atoms with Crippen molar-refractivity contribution in [2.75, 3.05) is 38.7 Å². The first-order chi connectivity index (χ1) is 9.83. The molecule has 1 aromatic rings. The van der Waals surface area contributed by atoms with Gasteiger partial charge in [0.1, 0.15) is 0 Å². The number of ether oxygens (including phenoxy) is 1. The second-order valence-electron chi connectivity index (χ2n) is 6.23. The Morgan fingerprint density at radius 3 is 3.00 bits per heavy atom. The van der Waals surface area contributed by atoms with Crippen LogP contribution in [0.25, 0.3) is 0 Å². The van der Waals surface area contributed by atoms with Crippen LogP contribution in [0.2, 0.25) is 0 Å². The average Bonchev–Trinajstić information content (AvgIpc) is 2.48. The van der Waals surface area contributed by atoms with Crippen molar-refractivity contribution in [3.63, 3.8) is 0 Å². The van der Waals surface area contributed by atoms with E-state index in [1.165, 1.54) is 49.0 Å². The summed E-state index contributed by atoms with van der Waals surface area (Å²) in [4.78, 5) is 2.49. The van der Waals surface area contributed by atoms with E-state index in [2.05, 4.69) is 35.5 Å². The van der Waals surface area contributed by atoms with Gasteiger partial charge in [0.25, 0.3) is 0 Å². The molecular weight excluding hydrogens is 248 g/mol. The molecule has 0 aromatic heterocycles. The van der Waals surface area contributed by atoms with Crippen LogP contribution in [-0.2, 0) is 17.7 Å². The van der Waals surface area contributed by atoms with Crippen LogP contribution in [0.3, 0.4) is 0 Å². The lowest BCUT2D eigenvalue weighted by Gasteiger charge is -2.28. The lowest BCUT2D eigenvalue weighted by molar-refractivity contribution is 0.0549. The van der Waals surface area contributed by atoms with E-state index in [0.717, 1.165) is 32.2 Å². The molecule has 20 heavy (non-hydrogen) atoms. The summed E-state index contributed by atoms with van der Waals surface area (Å²) in [5.74, 6) is 0.811. The summed E-state index contributed by atoms with van der Waals surface area (Å²) in [7, 11) is 2.26. The molecule has 2 aliphatic heterocycles. The maximum atomic E-state index is 5.45. The fourth-order valence-corrected chi connectivity index (χ4v) is 3.46. The fourth-order valence-electron chi connectivity index (χ4n) is 3.46. The number of benzene rings is 1. The molecule has 2 heterocycles. The Kier molecular flexibility index (Phi) is 4.58. The molecule has 0 amide bonds. The highest BCUT2D eigenvalue weighted by Crippen LogP contribution is 2.26. The number of fused-ring (bicyclic) bond motifs is 1. The predicted molar refractivity (Wildman–Crippen MR) is 83.1 cm³/mol. The van der Waals surface area contributed by atoms with Gasteiger partial charge in [-0.1, -0.05) is 12.1 Å². The van der Waals surface area contributed by atoms with Gasteiger partial charge in [0.05, 0.1) is 0 Å².